The number of nitrogens with zero attached hydrogens (tertiary/aromatic N) is 2. The molecule has 0 fully saturated rings. The van der Waals surface area contributed by atoms with Gasteiger partial charge in [0.15, 0.2) is 0 Å². The molecule has 1 aliphatic heterocycles. The largest absolute Gasteiger partial charge is 0.321 e. The number of anilines is 1. The van der Waals surface area contributed by atoms with Gasteiger partial charge >= 0.3 is 0 Å². The van der Waals surface area contributed by atoms with Crippen LogP contribution in [0.25, 0.3) is 0 Å². The van der Waals surface area contributed by atoms with Crippen LogP contribution in [0, 0.1) is 0 Å². The first-order chi connectivity index (χ1) is 8.72. The van der Waals surface area contributed by atoms with E-state index in [1.807, 2.05) is 23.2 Å². The summed E-state index contributed by atoms with van der Waals surface area (Å²) in [4.78, 5) is 6.42. The highest BCUT2D eigenvalue weighted by Gasteiger charge is 2.17. The Morgan fingerprint density at radius 3 is 3.00 bits per heavy atom. The van der Waals surface area contributed by atoms with E-state index in [-0.39, 0.29) is 6.17 Å². The Morgan fingerprint density at radius 1 is 1.39 bits per heavy atom. The first-order valence-electron chi connectivity index (χ1n) is 5.82. The Hall–Kier alpha value is -1.25. The van der Waals surface area contributed by atoms with Gasteiger partial charge in [0.25, 0.3) is 0 Å². The van der Waals surface area contributed by atoms with Crippen molar-refractivity contribution >= 4 is 35.1 Å². The van der Waals surface area contributed by atoms with Gasteiger partial charge in [-0.2, -0.15) is 0 Å². The summed E-state index contributed by atoms with van der Waals surface area (Å²) >= 11 is 12.2. The van der Waals surface area contributed by atoms with Crippen LogP contribution in [0.1, 0.15) is 13.3 Å². The summed E-state index contributed by atoms with van der Waals surface area (Å²) in [6, 6.07) is 5.43. The summed E-state index contributed by atoms with van der Waals surface area (Å²) < 4.78 is 0. The second-order valence-electron chi connectivity index (χ2n) is 3.89. The summed E-state index contributed by atoms with van der Waals surface area (Å²) in [6.07, 6.45) is 10.7. The second-order valence-corrected chi connectivity index (χ2v) is 4.74. The van der Waals surface area contributed by atoms with E-state index in [0.29, 0.717) is 10.0 Å². The van der Waals surface area contributed by atoms with E-state index in [4.69, 9.17) is 23.2 Å². The van der Waals surface area contributed by atoms with Crippen molar-refractivity contribution in [2.24, 2.45) is 4.99 Å². The average molecular weight is 281 g/mol. The highest BCUT2D eigenvalue weighted by atomic mass is 35.5. The highest BCUT2D eigenvalue weighted by Crippen LogP contribution is 2.31. The third-order valence-electron chi connectivity index (χ3n) is 2.59. The zero-order valence-electron chi connectivity index (χ0n) is 10.1. The first kappa shape index (κ1) is 13.2. The third kappa shape index (κ3) is 2.95. The number of allylic oxidation sites excluding steroid dienone is 2. The van der Waals surface area contributed by atoms with E-state index in [2.05, 4.69) is 24.1 Å². The smallest absolute Gasteiger partial charge is 0.143 e. The van der Waals surface area contributed by atoms with Crippen molar-refractivity contribution in [2.75, 3.05) is 4.90 Å². The van der Waals surface area contributed by atoms with Gasteiger partial charge < -0.3 is 4.90 Å². The minimum Gasteiger partial charge on any atom is -0.321 e. The molecule has 0 saturated heterocycles. The predicted octanol–water partition coefficient (Wildman–Crippen LogP) is 4.69. The Balaban J connectivity index is 2.35. The van der Waals surface area contributed by atoms with Crippen molar-refractivity contribution < 1.29 is 0 Å². The number of rotatable bonds is 3. The normalized spacial score (nSPS) is 18.8. The van der Waals surface area contributed by atoms with Crippen molar-refractivity contribution in [2.45, 2.75) is 19.5 Å². The van der Waals surface area contributed by atoms with Crippen LogP contribution >= 0.6 is 23.2 Å². The summed E-state index contributed by atoms with van der Waals surface area (Å²) in [5, 5.41) is 1.33. The molecule has 0 aromatic heterocycles. The highest BCUT2D eigenvalue weighted by molar-refractivity contribution is 6.35. The molecule has 0 N–H and O–H groups in total. The van der Waals surface area contributed by atoms with Crippen molar-refractivity contribution in [1.82, 2.24) is 0 Å². The minimum absolute atomic E-state index is 0.0640. The maximum absolute atomic E-state index is 6.22. The molecule has 94 valence electrons. The summed E-state index contributed by atoms with van der Waals surface area (Å²) in [5.74, 6) is 0. The molecule has 1 aromatic rings. The lowest BCUT2D eigenvalue weighted by atomic mass is 10.2. The quantitative estimate of drug-likeness (QED) is 0.734. The van der Waals surface area contributed by atoms with Gasteiger partial charge in [-0.25, -0.2) is 0 Å². The van der Waals surface area contributed by atoms with Crippen LogP contribution in [-0.2, 0) is 0 Å². The first-order valence-corrected chi connectivity index (χ1v) is 6.58. The topological polar surface area (TPSA) is 15.6 Å². The lowest BCUT2D eigenvalue weighted by Crippen LogP contribution is -2.29. The van der Waals surface area contributed by atoms with Crippen LogP contribution < -0.4 is 4.90 Å². The van der Waals surface area contributed by atoms with E-state index in [9.17, 15) is 0 Å². The molecule has 0 spiro atoms. The molecule has 1 atom stereocenters. The molecule has 18 heavy (non-hydrogen) atoms. The Kier molecular flexibility index (Phi) is 4.45. The molecule has 1 unspecified atom stereocenters. The maximum Gasteiger partial charge on any atom is 0.143 e. The van der Waals surface area contributed by atoms with Crippen molar-refractivity contribution in [3.63, 3.8) is 0 Å². The van der Waals surface area contributed by atoms with Crippen LogP contribution in [0.5, 0.6) is 0 Å². The van der Waals surface area contributed by atoms with Crippen LogP contribution in [0.3, 0.4) is 0 Å². The summed E-state index contributed by atoms with van der Waals surface area (Å²) in [5.41, 5.74) is 0.864. The molecule has 2 rings (SSSR count). The minimum atomic E-state index is -0.0640. The zero-order valence-corrected chi connectivity index (χ0v) is 11.6. The van der Waals surface area contributed by atoms with Crippen molar-refractivity contribution in [3.8, 4) is 0 Å². The maximum atomic E-state index is 6.22. The summed E-state index contributed by atoms with van der Waals surface area (Å²) in [7, 11) is 0. The van der Waals surface area contributed by atoms with E-state index in [1.54, 1.807) is 18.3 Å². The van der Waals surface area contributed by atoms with Gasteiger partial charge in [0.1, 0.15) is 6.17 Å². The second kappa shape index (κ2) is 6.07. The lowest BCUT2D eigenvalue weighted by molar-refractivity contribution is 0.812. The standard InChI is InChI=1S/C14H14Cl2N2/c1-2-3-5-14-17-8-4-9-18(14)13-10-11(15)6-7-12(13)16/h3-10,14H,2H2,1H3. The van der Waals surface area contributed by atoms with Crippen LogP contribution in [0.15, 0.2) is 47.6 Å². The molecular weight excluding hydrogens is 267 g/mol. The molecule has 4 heteroatoms. The number of hydrogen-bond donors (Lipinski definition) is 0. The third-order valence-corrected chi connectivity index (χ3v) is 3.14. The fraction of sp³-hybridized carbons (Fsp3) is 0.214. The van der Waals surface area contributed by atoms with Gasteiger partial charge in [-0.05, 0) is 36.8 Å². The van der Waals surface area contributed by atoms with Gasteiger partial charge in [-0.3, -0.25) is 4.99 Å². The zero-order chi connectivity index (χ0) is 13.0. The fourth-order valence-electron chi connectivity index (χ4n) is 1.74. The van der Waals surface area contributed by atoms with Gasteiger partial charge in [-0.1, -0.05) is 36.2 Å². The molecule has 1 aromatic carbocycles. The molecule has 2 nitrogen and oxygen atoms in total. The number of halogens is 2. The van der Waals surface area contributed by atoms with E-state index < -0.39 is 0 Å². The monoisotopic (exact) mass is 280 g/mol. The fourth-order valence-corrected chi connectivity index (χ4v) is 2.12. The molecule has 1 heterocycles. The molecule has 1 aliphatic rings. The van der Waals surface area contributed by atoms with E-state index >= 15 is 0 Å². The van der Waals surface area contributed by atoms with Crippen LogP contribution in [0.4, 0.5) is 5.69 Å². The predicted molar refractivity (Wildman–Crippen MR) is 79.8 cm³/mol. The van der Waals surface area contributed by atoms with Crippen LogP contribution in [-0.4, -0.2) is 12.4 Å². The molecular formula is C14H14Cl2N2. The van der Waals surface area contributed by atoms with Gasteiger partial charge in [0.2, 0.25) is 0 Å². The van der Waals surface area contributed by atoms with E-state index in [1.165, 1.54) is 0 Å². The van der Waals surface area contributed by atoms with Gasteiger partial charge in [0, 0.05) is 17.4 Å². The molecule has 0 saturated carbocycles. The van der Waals surface area contributed by atoms with Crippen molar-refractivity contribution in [1.29, 1.82) is 0 Å². The molecule has 0 bridgehead atoms. The van der Waals surface area contributed by atoms with E-state index in [0.717, 1.165) is 12.1 Å². The van der Waals surface area contributed by atoms with Gasteiger partial charge in [-0.15, -0.1) is 0 Å². The molecule has 0 radical (unpaired) electrons. The van der Waals surface area contributed by atoms with Crippen molar-refractivity contribution in [3.05, 3.63) is 52.7 Å². The average Bonchev–Trinajstić information content (AvgIpc) is 2.39. The lowest BCUT2D eigenvalue weighted by Gasteiger charge is -2.28. The number of aliphatic imine (C=N–C) groups is 1. The SMILES string of the molecule is CCC=CC1N=CC=CN1c1cc(Cl)ccc1Cl. The Morgan fingerprint density at radius 2 is 2.22 bits per heavy atom. The van der Waals surface area contributed by atoms with Crippen LogP contribution in [0.2, 0.25) is 10.0 Å². The summed E-state index contributed by atoms with van der Waals surface area (Å²) in [6.45, 7) is 2.09. The number of hydrogen-bond acceptors (Lipinski definition) is 2. The molecule has 0 amide bonds. The Bertz CT molecular complexity index is 507. The Labute approximate surface area is 117 Å². The number of benzene rings is 1. The molecule has 0 aliphatic carbocycles. The van der Waals surface area contributed by atoms with Gasteiger partial charge in [0.05, 0.1) is 10.7 Å².